The van der Waals surface area contributed by atoms with Crippen LogP contribution in [0, 0.1) is 0 Å². The second-order valence-corrected chi connectivity index (χ2v) is 3.18. The van der Waals surface area contributed by atoms with Crippen molar-refractivity contribution < 1.29 is 31.7 Å². The normalized spacial score (nSPS) is 11.2. The topological polar surface area (TPSA) is 84.3 Å². The number of hydrogen-bond acceptors (Lipinski definition) is 2. The molecule has 0 spiro atoms. The van der Waals surface area contributed by atoms with E-state index in [1.54, 1.807) is 35.2 Å². The summed E-state index contributed by atoms with van der Waals surface area (Å²) in [4.78, 5) is 21.5. The van der Waals surface area contributed by atoms with E-state index in [0.717, 1.165) is 0 Å². The minimum absolute atomic E-state index is 0. The quantitative estimate of drug-likeness (QED) is 0.537. The smallest absolute Gasteiger partial charge is 0.373 e. The Morgan fingerprint density at radius 3 is 2.25 bits per heavy atom. The molecular formula is C10H13ClN2O3. The molecule has 1 rings (SSSR count). The second-order valence-electron chi connectivity index (χ2n) is 3.18. The minimum atomic E-state index is -0.965. The van der Waals surface area contributed by atoms with E-state index < -0.39 is 17.9 Å². The summed E-state index contributed by atoms with van der Waals surface area (Å²) in [5.41, 5.74) is 4.98. The van der Waals surface area contributed by atoms with Crippen molar-refractivity contribution in [2.24, 2.45) is 5.73 Å². The molecule has 0 aliphatic heterocycles. The summed E-state index contributed by atoms with van der Waals surface area (Å²) in [7, 11) is 0. The van der Waals surface area contributed by atoms with Crippen LogP contribution in [0.4, 0.5) is 0 Å². The molecule has 88 valence electrons. The van der Waals surface area contributed by atoms with Crippen LogP contribution in [-0.4, -0.2) is 17.0 Å². The average molecular weight is 245 g/mol. The van der Waals surface area contributed by atoms with Crippen molar-refractivity contribution in [2.45, 2.75) is 18.9 Å². The van der Waals surface area contributed by atoms with Gasteiger partial charge in [0.1, 0.15) is 0 Å². The highest BCUT2D eigenvalue weighted by Gasteiger charge is 2.26. The van der Waals surface area contributed by atoms with Crippen LogP contribution < -0.4 is 22.7 Å². The summed E-state index contributed by atoms with van der Waals surface area (Å²) < 4.78 is 1.55. The molecule has 0 bridgehead atoms. The lowest BCUT2D eigenvalue weighted by molar-refractivity contribution is -0.711. The van der Waals surface area contributed by atoms with Crippen LogP contribution in [0.1, 0.15) is 18.9 Å². The number of rotatable bonds is 5. The molecule has 1 unspecified atom stereocenters. The van der Waals surface area contributed by atoms with E-state index >= 15 is 0 Å². The molecule has 0 saturated carbocycles. The Morgan fingerprint density at radius 2 is 1.81 bits per heavy atom. The molecule has 5 nitrogen and oxygen atoms in total. The number of carbonyl (C=O) groups excluding carboxylic acids is 1. The molecule has 0 radical (unpaired) electrons. The Labute approximate surface area is 99.3 Å². The van der Waals surface area contributed by atoms with E-state index in [0.29, 0.717) is 0 Å². The standard InChI is InChI=1S/C10H12N2O3.ClH/c11-9(13)5-4-8(10(14)15)12-6-2-1-3-7-12;/h1-3,6-8H,4-5H2,(H2-,11,13,14,15);1H. The number of carbonyl (C=O) groups is 2. The monoisotopic (exact) mass is 244 g/mol. The maximum atomic E-state index is 10.9. The summed E-state index contributed by atoms with van der Waals surface area (Å²) in [6.07, 6.45) is 3.58. The molecule has 6 heteroatoms. The number of hydrogen-bond donors (Lipinski definition) is 2. The molecule has 1 heterocycles. The fourth-order valence-corrected chi connectivity index (χ4v) is 1.30. The van der Waals surface area contributed by atoms with Crippen LogP contribution in [0.5, 0.6) is 0 Å². The van der Waals surface area contributed by atoms with E-state index in [2.05, 4.69) is 0 Å². The lowest BCUT2D eigenvalue weighted by Crippen LogP contribution is -3.00. The predicted octanol–water partition coefficient (Wildman–Crippen LogP) is -3.13. The van der Waals surface area contributed by atoms with Crippen LogP contribution in [0.3, 0.4) is 0 Å². The molecule has 0 saturated heterocycles. The number of aliphatic carboxylic acids is 1. The highest BCUT2D eigenvalue weighted by Crippen LogP contribution is 2.05. The van der Waals surface area contributed by atoms with Gasteiger partial charge in [-0.2, -0.15) is 4.57 Å². The fourth-order valence-electron chi connectivity index (χ4n) is 1.30. The first-order valence-electron chi connectivity index (χ1n) is 4.58. The van der Waals surface area contributed by atoms with Crippen molar-refractivity contribution in [1.29, 1.82) is 0 Å². The van der Waals surface area contributed by atoms with Gasteiger partial charge in [-0.25, -0.2) is 4.79 Å². The Morgan fingerprint density at radius 1 is 1.25 bits per heavy atom. The molecule has 16 heavy (non-hydrogen) atoms. The van der Waals surface area contributed by atoms with Gasteiger partial charge >= 0.3 is 5.97 Å². The van der Waals surface area contributed by atoms with E-state index in [-0.39, 0.29) is 25.2 Å². The van der Waals surface area contributed by atoms with Crippen molar-refractivity contribution >= 4 is 11.9 Å². The van der Waals surface area contributed by atoms with E-state index in [1.165, 1.54) is 0 Å². The van der Waals surface area contributed by atoms with Gasteiger partial charge in [-0.05, 0) is 0 Å². The number of nitrogens with two attached hydrogens (primary N) is 1. The van der Waals surface area contributed by atoms with Crippen molar-refractivity contribution in [3.8, 4) is 0 Å². The van der Waals surface area contributed by atoms with Crippen LogP contribution in [0.25, 0.3) is 0 Å². The molecule has 0 aliphatic rings. The number of primary amides is 1. The Balaban J connectivity index is 0.00000225. The number of carboxylic acid groups (broad SMARTS) is 1. The maximum absolute atomic E-state index is 10.9. The molecule has 1 aromatic heterocycles. The molecular weight excluding hydrogens is 232 g/mol. The zero-order chi connectivity index (χ0) is 11.3. The first kappa shape index (κ1) is 14.4. The number of carboxylic acids is 1. The van der Waals surface area contributed by atoms with Crippen LogP contribution in [-0.2, 0) is 9.59 Å². The third kappa shape index (κ3) is 4.27. The van der Waals surface area contributed by atoms with Crippen molar-refractivity contribution in [3.63, 3.8) is 0 Å². The lowest BCUT2D eigenvalue weighted by atomic mass is 10.1. The molecule has 0 fully saturated rings. The lowest BCUT2D eigenvalue weighted by Gasteiger charge is -2.05. The number of halogens is 1. The SMILES string of the molecule is NC(=O)CCC(C(=O)O)[n+]1ccccc1.[Cl-]. The second kappa shape index (κ2) is 6.79. The Hall–Kier alpha value is -1.62. The first-order chi connectivity index (χ1) is 7.11. The summed E-state index contributed by atoms with van der Waals surface area (Å²) in [5, 5.41) is 8.97. The molecule has 3 N–H and O–H groups in total. The summed E-state index contributed by atoms with van der Waals surface area (Å²) in [6.45, 7) is 0. The molecule has 0 aliphatic carbocycles. The third-order valence-corrected chi connectivity index (χ3v) is 2.05. The highest BCUT2D eigenvalue weighted by atomic mass is 35.5. The van der Waals surface area contributed by atoms with Gasteiger partial charge in [0.2, 0.25) is 5.91 Å². The van der Waals surface area contributed by atoms with Gasteiger partial charge in [-0.3, -0.25) is 4.79 Å². The van der Waals surface area contributed by atoms with Gasteiger partial charge in [0.05, 0.1) is 0 Å². The van der Waals surface area contributed by atoms with Crippen LogP contribution >= 0.6 is 0 Å². The van der Waals surface area contributed by atoms with Gasteiger partial charge in [0.15, 0.2) is 12.4 Å². The fraction of sp³-hybridized carbons (Fsp3) is 0.300. The van der Waals surface area contributed by atoms with Gasteiger partial charge in [-0.15, -0.1) is 0 Å². The number of aromatic nitrogens is 1. The van der Waals surface area contributed by atoms with Crippen molar-refractivity contribution in [3.05, 3.63) is 30.6 Å². The van der Waals surface area contributed by atoms with Gasteiger partial charge in [0.25, 0.3) is 6.04 Å². The van der Waals surface area contributed by atoms with Crippen molar-refractivity contribution in [1.82, 2.24) is 0 Å². The zero-order valence-electron chi connectivity index (χ0n) is 8.54. The summed E-state index contributed by atoms with van der Waals surface area (Å²) >= 11 is 0. The van der Waals surface area contributed by atoms with Gasteiger partial charge in [0, 0.05) is 25.0 Å². The first-order valence-corrected chi connectivity index (χ1v) is 4.58. The van der Waals surface area contributed by atoms with Crippen LogP contribution in [0.15, 0.2) is 30.6 Å². The zero-order valence-corrected chi connectivity index (χ0v) is 9.30. The molecule has 1 amide bonds. The van der Waals surface area contributed by atoms with E-state index in [4.69, 9.17) is 10.8 Å². The van der Waals surface area contributed by atoms with Crippen molar-refractivity contribution in [2.75, 3.05) is 0 Å². The number of nitrogens with zero attached hydrogens (tertiary/aromatic N) is 1. The number of amides is 1. The predicted molar refractivity (Wildman–Crippen MR) is 51.7 cm³/mol. The largest absolute Gasteiger partial charge is 1.00 e. The van der Waals surface area contributed by atoms with E-state index in [9.17, 15) is 9.59 Å². The molecule has 1 atom stereocenters. The van der Waals surface area contributed by atoms with Gasteiger partial charge < -0.3 is 23.2 Å². The van der Waals surface area contributed by atoms with Gasteiger partial charge in [-0.1, -0.05) is 6.07 Å². The van der Waals surface area contributed by atoms with E-state index in [1.807, 2.05) is 0 Å². The molecule has 0 aromatic carbocycles. The number of pyridine rings is 1. The summed E-state index contributed by atoms with van der Waals surface area (Å²) in [6, 6.07) is 4.53. The Kier molecular flexibility index (Phi) is 6.10. The highest BCUT2D eigenvalue weighted by molar-refractivity contribution is 5.75. The summed E-state index contributed by atoms with van der Waals surface area (Å²) in [5.74, 6) is -1.45. The minimum Gasteiger partial charge on any atom is -1.00 e. The third-order valence-electron chi connectivity index (χ3n) is 2.05. The van der Waals surface area contributed by atoms with Crippen LogP contribution in [0.2, 0.25) is 0 Å². The Bertz CT molecular complexity index is 356. The molecule has 1 aromatic rings. The average Bonchev–Trinajstić information content (AvgIpc) is 2.18. The maximum Gasteiger partial charge on any atom is 0.373 e.